The maximum absolute atomic E-state index is 10.8. The summed E-state index contributed by atoms with van der Waals surface area (Å²) in [7, 11) is -2.70. The van der Waals surface area contributed by atoms with Crippen LogP contribution in [0.15, 0.2) is 47.4 Å². The quantitative estimate of drug-likeness (QED) is 0.643. The number of ether oxygens (including phenoxy) is 1. The molecular formula is C16H20O5S. The molecule has 22 heavy (non-hydrogen) atoms. The Hall–Kier alpha value is -1.92. The van der Waals surface area contributed by atoms with E-state index < -0.39 is 10.1 Å². The highest BCUT2D eigenvalue weighted by molar-refractivity contribution is 7.85. The molecule has 6 heteroatoms. The molecule has 0 aliphatic rings. The standard InChI is InChI=1S/C10H8O3S.C6H12O2/c11-14(12,13)10-6-5-8-3-1-2-4-9(8)7-10;1-6(2,3)5(7)8-4/h1-7H,(H,11,12,13);1-4H3. The third-order valence-corrected chi connectivity index (χ3v) is 3.67. The average Bonchev–Trinajstić information content (AvgIpc) is 2.44. The van der Waals surface area contributed by atoms with Crippen LogP contribution in [0.3, 0.4) is 0 Å². The molecule has 2 aromatic carbocycles. The molecule has 0 amide bonds. The van der Waals surface area contributed by atoms with Crippen LogP contribution in [0, 0.1) is 5.41 Å². The second-order valence-electron chi connectivity index (χ2n) is 5.73. The molecule has 5 nitrogen and oxygen atoms in total. The van der Waals surface area contributed by atoms with Gasteiger partial charge in [-0.1, -0.05) is 30.3 Å². The zero-order valence-corrected chi connectivity index (χ0v) is 13.8. The van der Waals surface area contributed by atoms with Gasteiger partial charge in [0.2, 0.25) is 0 Å². The van der Waals surface area contributed by atoms with Crippen molar-refractivity contribution in [2.24, 2.45) is 5.41 Å². The van der Waals surface area contributed by atoms with E-state index in [9.17, 15) is 13.2 Å². The fourth-order valence-corrected chi connectivity index (χ4v) is 2.15. The van der Waals surface area contributed by atoms with Crippen molar-refractivity contribution >= 4 is 26.9 Å². The number of carbonyl (C=O) groups excluding carboxylic acids is 1. The predicted octanol–water partition coefficient (Wildman–Crippen LogP) is 3.29. The van der Waals surface area contributed by atoms with Gasteiger partial charge in [0.15, 0.2) is 0 Å². The molecule has 0 heterocycles. The van der Waals surface area contributed by atoms with Crippen molar-refractivity contribution in [3.05, 3.63) is 42.5 Å². The normalized spacial score (nSPS) is 11.5. The third kappa shape index (κ3) is 5.13. The molecule has 0 spiro atoms. The van der Waals surface area contributed by atoms with Crippen LogP contribution in [0.5, 0.6) is 0 Å². The topological polar surface area (TPSA) is 80.7 Å². The van der Waals surface area contributed by atoms with Crippen LogP contribution in [0.25, 0.3) is 10.8 Å². The fourth-order valence-electron chi connectivity index (χ4n) is 1.63. The summed E-state index contributed by atoms with van der Waals surface area (Å²) in [4.78, 5) is 10.5. The van der Waals surface area contributed by atoms with Crippen LogP contribution < -0.4 is 0 Å². The summed E-state index contributed by atoms with van der Waals surface area (Å²) in [5.41, 5.74) is -0.352. The Balaban J connectivity index is 0.000000261. The van der Waals surface area contributed by atoms with E-state index >= 15 is 0 Å². The smallest absolute Gasteiger partial charge is 0.310 e. The van der Waals surface area contributed by atoms with Crippen LogP contribution in [0.2, 0.25) is 0 Å². The van der Waals surface area contributed by atoms with Crippen molar-refractivity contribution in [1.29, 1.82) is 0 Å². The van der Waals surface area contributed by atoms with Crippen molar-refractivity contribution in [2.75, 3.05) is 7.11 Å². The van der Waals surface area contributed by atoms with Gasteiger partial charge in [-0.05, 0) is 43.7 Å². The summed E-state index contributed by atoms with van der Waals surface area (Å²) in [6, 6.07) is 11.9. The number of fused-ring (bicyclic) bond motifs is 1. The summed E-state index contributed by atoms with van der Waals surface area (Å²) in [5.74, 6) is -0.169. The van der Waals surface area contributed by atoms with Crippen LogP contribution in [-0.4, -0.2) is 26.0 Å². The average molecular weight is 324 g/mol. The number of hydrogen-bond donors (Lipinski definition) is 1. The van der Waals surface area contributed by atoms with E-state index in [-0.39, 0.29) is 16.3 Å². The van der Waals surface area contributed by atoms with Crippen molar-refractivity contribution in [3.8, 4) is 0 Å². The van der Waals surface area contributed by atoms with Gasteiger partial charge in [-0.25, -0.2) is 0 Å². The molecule has 2 rings (SSSR count). The lowest BCUT2D eigenvalue weighted by atomic mass is 9.98. The van der Waals surface area contributed by atoms with Crippen molar-refractivity contribution in [1.82, 2.24) is 0 Å². The zero-order chi connectivity index (χ0) is 17.0. The molecule has 2 aromatic rings. The lowest BCUT2D eigenvalue weighted by Crippen LogP contribution is -2.21. The summed E-state index contributed by atoms with van der Waals surface area (Å²) in [6.45, 7) is 5.45. The number of esters is 1. The Morgan fingerprint density at radius 1 is 1.05 bits per heavy atom. The van der Waals surface area contributed by atoms with Crippen molar-refractivity contribution in [2.45, 2.75) is 25.7 Å². The highest BCUT2D eigenvalue weighted by Gasteiger charge is 2.21. The lowest BCUT2D eigenvalue weighted by molar-refractivity contribution is -0.149. The first-order chi connectivity index (χ1) is 10.1. The third-order valence-electron chi connectivity index (χ3n) is 2.82. The van der Waals surface area contributed by atoms with Crippen LogP contribution in [0.4, 0.5) is 0 Å². The van der Waals surface area contributed by atoms with Crippen LogP contribution in [0.1, 0.15) is 20.8 Å². The number of methoxy groups -OCH3 is 1. The first-order valence-electron chi connectivity index (χ1n) is 6.60. The van der Waals surface area contributed by atoms with E-state index in [1.165, 1.54) is 19.2 Å². The number of carbonyl (C=O) groups is 1. The molecular weight excluding hydrogens is 304 g/mol. The molecule has 0 saturated carbocycles. The van der Waals surface area contributed by atoms with Crippen LogP contribution >= 0.6 is 0 Å². The Morgan fingerprint density at radius 3 is 2.00 bits per heavy atom. The number of rotatable bonds is 1. The predicted molar refractivity (Wildman–Crippen MR) is 85.2 cm³/mol. The van der Waals surface area contributed by atoms with E-state index in [0.29, 0.717) is 0 Å². The molecule has 0 radical (unpaired) electrons. The second-order valence-corrected chi connectivity index (χ2v) is 7.15. The first kappa shape index (κ1) is 18.1. The van der Waals surface area contributed by atoms with E-state index in [1.807, 2.05) is 39.0 Å². The van der Waals surface area contributed by atoms with Gasteiger partial charge in [0.25, 0.3) is 10.1 Å². The summed E-state index contributed by atoms with van der Waals surface area (Å²) in [5, 5.41) is 1.74. The molecule has 1 N–H and O–H groups in total. The van der Waals surface area contributed by atoms with Crippen LogP contribution in [-0.2, 0) is 19.6 Å². The molecule has 0 bridgehead atoms. The highest BCUT2D eigenvalue weighted by atomic mass is 32.2. The molecule has 0 unspecified atom stereocenters. The molecule has 0 aliphatic heterocycles. The SMILES string of the molecule is COC(=O)C(C)(C)C.O=S(=O)(O)c1ccc2ccccc2c1. The Bertz CT molecular complexity index is 757. The van der Waals surface area contributed by atoms with E-state index in [1.54, 1.807) is 12.1 Å². The largest absolute Gasteiger partial charge is 0.469 e. The molecule has 0 aliphatic carbocycles. The van der Waals surface area contributed by atoms with Gasteiger partial charge in [-0.2, -0.15) is 8.42 Å². The Kier molecular flexibility index (Phi) is 5.68. The molecule has 0 atom stereocenters. The molecule has 0 saturated heterocycles. The van der Waals surface area contributed by atoms with Gasteiger partial charge in [0.1, 0.15) is 0 Å². The zero-order valence-electron chi connectivity index (χ0n) is 13.0. The maximum atomic E-state index is 10.8. The Morgan fingerprint density at radius 2 is 1.59 bits per heavy atom. The summed E-state index contributed by atoms with van der Waals surface area (Å²) < 4.78 is 35.0. The number of benzene rings is 2. The number of hydrogen-bond acceptors (Lipinski definition) is 4. The molecule has 0 aromatic heterocycles. The monoisotopic (exact) mass is 324 g/mol. The fraction of sp³-hybridized carbons (Fsp3) is 0.312. The minimum absolute atomic E-state index is 0.0730. The van der Waals surface area contributed by atoms with Gasteiger partial charge in [0.05, 0.1) is 17.4 Å². The highest BCUT2D eigenvalue weighted by Crippen LogP contribution is 2.18. The molecule has 0 fully saturated rings. The van der Waals surface area contributed by atoms with Gasteiger partial charge in [-0.3, -0.25) is 9.35 Å². The van der Waals surface area contributed by atoms with Crippen molar-refractivity contribution < 1.29 is 22.5 Å². The second kappa shape index (κ2) is 6.89. The van der Waals surface area contributed by atoms with Gasteiger partial charge in [0, 0.05) is 0 Å². The van der Waals surface area contributed by atoms with E-state index in [4.69, 9.17) is 4.55 Å². The van der Waals surface area contributed by atoms with Gasteiger partial charge >= 0.3 is 5.97 Å². The first-order valence-corrected chi connectivity index (χ1v) is 8.04. The minimum atomic E-state index is -4.09. The van der Waals surface area contributed by atoms with E-state index in [0.717, 1.165) is 10.8 Å². The minimum Gasteiger partial charge on any atom is -0.469 e. The van der Waals surface area contributed by atoms with Crippen molar-refractivity contribution in [3.63, 3.8) is 0 Å². The van der Waals surface area contributed by atoms with E-state index in [2.05, 4.69) is 4.74 Å². The van der Waals surface area contributed by atoms with Gasteiger partial charge in [-0.15, -0.1) is 0 Å². The van der Waals surface area contributed by atoms with Gasteiger partial charge < -0.3 is 4.74 Å². The maximum Gasteiger partial charge on any atom is 0.310 e. The Labute approximate surface area is 130 Å². The molecule has 120 valence electrons. The summed E-state index contributed by atoms with van der Waals surface area (Å²) >= 11 is 0. The lowest BCUT2D eigenvalue weighted by Gasteiger charge is -2.13. The summed E-state index contributed by atoms with van der Waals surface area (Å²) in [6.07, 6.45) is 0.